The third-order valence-corrected chi connectivity index (χ3v) is 5.96. The minimum Gasteiger partial charge on any atom is -0.457 e. The number of halogens is 2. The summed E-state index contributed by atoms with van der Waals surface area (Å²) in [5.74, 6) is 0.247. The number of hydrogen-bond donors (Lipinski definition) is 1. The number of amides is 1. The second-order valence-electron chi connectivity index (χ2n) is 7.08. The molecule has 0 unspecified atom stereocenters. The Morgan fingerprint density at radius 3 is 2.90 bits per heavy atom. The molecule has 0 saturated heterocycles. The van der Waals surface area contributed by atoms with Crippen LogP contribution < -0.4 is 5.32 Å². The van der Waals surface area contributed by atoms with Crippen molar-refractivity contribution in [2.24, 2.45) is 0 Å². The van der Waals surface area contributed by atoms with Gasteiger partial charge in [-0.05, 0) is 66.9 Å². The molecule has 31 heavy (non-hydrogen) atoms. The minimum atomic E-state index is -0.485. The molecular formula is C24H20ClFN2O2S. The van der Waals surface area contributed by atoms with Crippen molar-refractivity contribution in [1.29, 1.82) is 0 Å². The molecule has 4 aromatic rings. The highest BCUT2D eigenvalue weighted by molar-refractivity contribution is 7.22. The van der Waals surface area contributed by atoms with E-state index in [4.69, 9.17) is 16.0 Å². The van der Waals surface area contributed by atoms with E-state index in [2.05, 4.69) is 29.4 Å². The first-order valence-electron chi connectivity index (χ1n) is 9.95. The van der Waals surface area contributed by atoms with Crippen LogP contribution in [-0.4, -0.2) is 10.9 Å². The van der Waals surface area contributed by atoms with Gasteiger partial charge in [0.25, 0.3) is 0 Å². The number of rotatable bonds is 7. The van der Waals surface area contributed by atoms with Crippen molar-refractivity contribution in [3.8, 4) is 11.3 Å². The molecular weight excluding hydrogens is 435 g/mol. The van der Waals surface area contributed by atoms with Gasteiger partial charge in [-0.15, -0.1) is 0 Å². The molecule has 0 aliphatic rings. The number of carbonyl (C=O) groups is 1. The number of aromatic nitrogens is 1. The van der Waals surface area contributed by atoms with Gasteiger partial charge in [0.1, 0.15) is 17.3 Å². The number of anilines is 1. The number of carbonyl (C=O) groups excluding carboxylic acids is 1. The monoisotopic (exact) mass is 454 g/mol. The summed E-state index contributed by atoms with van der Waals surface area (Å²) in [5, 5.41) is 3.38. The fourth-order valence-electron chi connectivity index (χ4n) is 3.11. The van der Waals surface area contributed by atoms with Gasteiger partial charge in [-0.25, -0.2) is 9.37 Å². The lowest BCUT2D eigenvalue weighted by atomic mass is 10.1. The Morgan fingerprint density at radius 2 is 2.10 bits per heavy atom. The van der Waals surface area contributed by atoms with Crippen LogP contribution in [0.5, 0.6) is 0 Å². The van der Waals surface area contributed by atoms with Gasteiger partial charge in [0, 0.05) is 11.6 Å². The van der Waals surface area contributed by atoms with E-state index in [0.29, 0.717) is 22.2 Å². The maximum absolute atomic E-state index is 13.3. The minimum absolute atomic E-state index is 0.0266. The van der Waals surface area contributed by atoms with Gasteiger partial charge >= 0.3 is 0 Å². The van der Waals surface area contributed by atoms with E-state index in [-0.39, 0.29) is 10.9 Å². The van der Waals surface area contributed by atoms with Crippen LogP contribution >= 0.6 is 22.9 Å². The average Bonchev–Trinajstić information content (AvgIpc) is 3.39. The third-order valence-electron chi connectivity index (χ3n) is 4.73. The first-order valence-corrected chi connectivity index (χ1v) is 11.1. The van der Waals surface area contributed by atoms with Gasteiger partial charge < -0.3 is 4.42 Å². The summed E-state index contributed by atoms with van der Waals surface area (Å²) in [5.41, 5.74) is 2.81. The van der Waals surface area contributed by atoms with E-state index in [1.54, 1.807) is 24.3 Å². The number of aryl methyl sites for hydroxylation is 1. The Morgan fingerprint density at radius 1 is 1.23 bits per heavy atom. The van der Waals surface area contributed by atoms with Crippen molar-refractivity contribution < 1.29 is 13.6 Å². The molecule has 1 amide bonds. The number of benzene rings is 2. The first-order chi connectivity index (χ1) is 15.0. The van der Waals surface area contributed by atoms with Crippen molar-refractivity contribution in [3.63, 3.8) is 0 Å². The van der Waals surface area contributed by atoms with Crippen molar-refractivity contribution in [2.75, 3.05) is 5.32 Å². The number of furan rings is 1. The molecule has 2 aromatic carbocycles. The van der Waals surface area contributed by atoms with Gasteiger partial charge in [0.2, 0.25) is 5.91 Å². The molecule has 2 heterocycles. The number of thiazole rings is 1. The molecule has 0 fully saturated rings. The lowest BCUT2D eigenvalue weighted by Gasteiger charge is -1.98. The Kier molecular flexibility index (Phi) is 6.49. The number of nitrogens with one attached hydrogen (secondary N) is 1. The topological polar surface area (TPSA) is 55.1 Å². The second-order valence-corrected chi connectivity index (χ2v) is 8.52. The maximum Gasteiger partial charge on any atom is 0.250 e. The highest BCUT2D eigenvalue weighted by atomic mass is 35.5. The quantitative estimate of drug-likeness (QED) is 0.297. The fraction of sp³-hybridized carbons (Fsp3) is 0.167. The molecule has 0 aliphatic carbocycles. The third kappa shape index (κ3) is 5.21. The van der Waals surface area contributed by atoms with Crippen LogP contribution in [-0.2, 0) is 11.2 Å². The molecule has 2 aromatic heterocycles. The fourth-order valence-corrected chi connectivity index (χ4v) is 4.22. The number of nitrogens with zero attached hydrogens (tertiary/aromatic N) is 1. The standard InChI is InChI=1S/C24H20ClFN2O2S/c1-2-3-4-15-5-10-20-22(13-15)31-24(27-20)28-23(29)12-8-17-7-11-21(30-17)16-6-9-19(26)18(25)14-16/h5-14H,2-4H2,1H3,(H,27,28,29)/b12-8+. The van der Waals surface area contributed by atoms with Gasteiger partial charge in [-0.2, -0.15) is 0 Å². The Hall–Kier alpha value is -2.96. The van der Waals surface area contributed by atoms with E-state index >= 15 is 0 Å². The molecule has 0 atom stereocenters. The molecule has 7 heteroatoms. The predicted molar refractivity (Wildman–Crippen MR) is 125 cm³/mol. The smallest absolute Gasteiger partial charge is 0.250 e. The maximum atomic E-state index is 13.3. The largest absolute Gasteiger partial charge is 0.457 e. The van der Waals surface area contributed by atoms with Crippen LogP contribution in [0.1, 0.15) is 31.1 Å². The van der Waals surface area contributed by atoms with E-state index in [9.17, 15) is 9.18 Å². The van der Waals surface area contributed by atoms with Crippen molar-refractivity contribution in [1.82, 2.24) is 4.98 Å². The van der Waals surface area contributed by atoms with E-state index in [1.165, 1.54) is 35.1 Å². The average molecular weight is 455 g/mol. The summed E-state index contributed by atoms with van der Waals surface area (Å²) in [6.07, 6.45) is 6.31. The normalized spacial score (nSPS) is 11.5. The zero-order valence-electron chi connectivity index (χ0n) is 16.8. The Balaban J connectivity index is 1.41. The molecule has 4 rings (SSSR count). The van der Waals surface area contributed by atoms with Gasteiger partial charge in [0.05, 0.1) is 15.2 Å². The van der Waals surface area contributed by atoms with Crippen LogP contribution in [0.3, 0.4) is 0 Å². The number of unbranched alkanes of at least 4 members (excludes halogenated alkanes) is 1. The van der Waals surface area contributed by atoms with Crippen LogP contribution in [0.25, 0.3) is 27.6 Å². The highest BCUT2D eigenvalue weighted by Crippen LogP contribution is 2.28. The summed E-state index contributed by atoms with van der Waals surface area (Å²) >= 11 is 7.28. The first kappa shape index (κ1) is 21.3. The molecule has 0 saturated carbocycles. The summed E-state index contributed by atoms with van der Waals surface area (Å²) in [7, 11) is 0. The predicted octanol–water partition coefficient (Wildman–Crippen LogP) is 7.34. The van der Waals surface area contributed by atoms with E-state index < -0.39 is 5.82 Å². The van der Waals surface area contributed by atoms with Gasteiger partial charge in [0.15, 0.2) is 5.13 Å². The van der Waals surface area contributed by atoms with Crippen LogP contribution in [0, 0.1) is 5.82 Å². The van der Waals surface area contributed by atoms with Gasteiger partial charge in [-0.1, -0.05) is 42.3 Å². The Bertz CT molecular complexity index is 1260. The second kappa shape index (κ2) is 9.45. The molecule has 0 spiro atoms. The van der Waals surface area contributed by atoms with Crippen LogP contribution in [0.4, 0.5) is 9.52 Å². The molecule has 4 nitrogen and oxygen atoms in total. The lowest BCUT2D eigenvalue weighted by Crippen LogP contribution is -2.07. The molecule has 0 bridgehead atoms. The molecule has 1 N–H and O–H groups in total. The molecule has 0 radical (unpaired) electrons. The number of hydrogen-bond acceptors (Lipinski definition) is 4. The van der Waals surface area contributed by atoms with E-state index in [0.717, 1.165) is 29.5 Å². The summed E-state index contributed by atoms with van der Waals surface area (Å²) in [4.78, 5) is 16.8. The highest BCUT2D eigenvalue weighted by Gasteiger charge is 2.09. The van der Waals surface area contributed by atoms with E-state index in [1.807, 2.05) is 6.07 Å². The van der Waals surface area contributed by atoms with Crippen molar-refractivity contribution in [3.05, 3.63) is 76.8 Å². The SMILES string of the molecule is CCCCc1ccc2nc(NC(=O)/C=C/c3ccc(-c4ccc(F)c(Cl)c4)o3)sc2c1. The van der Waals surface area contributed by atoms with Crippen LogP contribution in [0.15, 0.2) is 59.0 Å². The van der Waals surface area contributed by atoms with Crippen molar-refractivity contribution >= 4 is 50.3 Å². The summed E-state index contributed by atoms with van der Waals surface area (Å²) < 4.78 is 20.1. The summed E-state index contributed by atoms with van der Waals surface area (Å²) in [6.45, 7) is 2.17. The van der Waals surface area contributed by atoms with Gasteiger partial charge in [-0.3, -0.25) is 10.1 Å². The lowest BCUT2D eigenvalue weighted by molar-refractivity contribution is -0.111. The summed E-state index contributed by atoms with van der Waals surface area (Å²) in [6, 6.07) is 14.1. The molecule has 158 valence electrons. The van der Waals surface area contributed by atoms with Crippen LogP contribution in [0.2, 0.25) is 5.02 Å². The zero-order valence-corrected chi connectivity index (χ0v) is 18.4. The number of fused-ring (bicyclic) bond motifs is 1. The zero-order chi connectivity index (χ0) is 21.8. The van der Waals surface area contributed by atoms with Crippen molar-refractivity contribution in [2.45, 2.75) is 26.2 Å². The molecule has 0 aliphatic heterocycles. The Labute approximate surface area is 188 Å².